The van der Waals surface area contributed by atoms with Gasteiger partial charge in [0.1, 0.15) is 11.5 Å². The first-order chi connectivity index (χ1) is 11.2. The molecule has 0 aliphatic carbocycles. The van der Waals surface area contributed by atoms with E-state index in [0.29, 0.717) is 17.9 Å². The number of unbranched alkanes of at least 4 members (excludes halogenated alkanes) is 5. The number of rotatable bonds is 11. The molecule has 0 saturated carbocycles. The van der Waals surface area contributed by atoms with Crippen molar-refractivity contribution < 1.29 is 14.3 Å². The van der Waals surface area contributed by atoms with E-state index >= 15 is 0 Å². The van der Waals surface area contributed by atoms with Crippen molar-refractivity contribution in [1.29, 1.82) is 0 Å². The van der Waals surface area contributed by atoms with Crippen molar-refractivity contribution >= 4 is 12.1 Å². The van der Waals surface area contributed by atoms with Crippen molar-refractivity contribution in [3.63, 3.8) is 0 Å². The molecule has 1 aromatic carbocycles. The highest BCUT2D eigenvalue weighted by atomic mass is 16.5. The fraction of sp³-hybridized carbons (Fsp3) is 0.556. The minimum atomic E-state index is -0.0568. The zero-order valence-corrected chi connectivity index (χ0v) is 14.4. The summed E-state index contributed by atoms with van der Waals surface area (Å²) in [6, 6.07) is 5.42. The van der Waals surface area contributed by atoms with Crippen LogP contribution in [0.25, 0.3) is 0 Å². The quantitative estimate of drug-likeness (QED) is 0.382. The SMILES string of the molecule is CCCCCCCCC(=O)N/N=C/c1cc(OC)ccc1OC. The third-order valence-electron chi connectivity index (χ3n) is 3.59. The predicted octanol–water partition coefficient (Wildman–Crippen LogP) is 3.90. The topological polar surface area (TPSA) is 59.9 Å². The van der Waals surface area contributed by atoms with Crippen LogP contribution in [0.1, 0.15) is 57.4 Å². The largest absolute Gasteiger partial charge is 0.497 e. The second-order valence-corrected chi connectivity index (χ2v) is 5.42. The summed E-state index contributed by atoms with van der Waals surface area (Å²) in [6.07, 6.45) is 9.06. The lowest BCUT2D eigenvalue weighted by atomic mass is 10.1. The fourth-order valence-electron chi connectivity index (χ4n) is 2.24. The molecule has 1 aromatic rings. The lowest BCUT2D eigenvalue weighted by molar-refractivity contribution is -0.121. The number of benzene rings is 1. The standard InChI is InChI=1S/C18H28N2O3/c1-4-5-6-7-8-9-10-18(21)20-19-14-15-13-16(22-2)11-12-17(15)23-3/h11-14H,4-10H2,1-3H3,(H,20,21)/b19-14+. The van der Waals surface area contributed by atoms with Gasteiger partial charge in [-0.2, -0.15) is 5.10 Å². The zero-order valence-electron chi connectivity index (χ0n) is 14.4. The van der Waals surface area contributed by atoms with Crippen LogP contribution < -0.4 is 14.9 Å². The van der Waals surface area contributed by atoms with E-state index in [4.69, 9.17) is 9.47 Å². The summed E-state index contributed by atoms with van der Waals surface area (Å²) in [4.78, 5) is 11.7. The van der Waals surface area contributed by atoms with Crippen LogP contribution in [0.3, 0.4) is 0 Å². The summed E-state index contributed by atoms with van der Waals surface area (Å²) >= 11 is 0. The van der Waals surface area contributed by atoms with Crippen LogP contribution in [0.15, 0.2) is 23.3 Å². The fourth-order valence-corrected chi connectivity index (χ4v) is 2.24. The molecule has 0 bridgehead atoms. The van der Waals surface area contributed by atoms with Crippen LogP contribution >= 0.6 is 0 Å². The number of carbonyl (C=O) groups is 1. The lowest BCUT2D eigenvalue weighted by Crippen LogP contribution is -2.17. The number of hydrogen-bond acceptors (Lipinski definition) is 4. The van der Waals surface area contributed by atoms with Gasteiger partial charge in [-0.15, -0.1) is 0 Å². The highest BCUT2D eigenvalue weighted by molar-refractivity contribution is 5.85. The highest BCUT2D eigenvalue weighted by Gasteiger charge is 2.03. The van der Waals surface area contributed by atoms with E-state index in [9.17, 15) is 4.79 Å². The number of nitrogens with zero attached hydrogens (tertiary/aromatic N) is 1. The predicted molar refractivity (Wildman–Crippen MR) is 93.3 cm³/mol. The summed E-state index contributed by atoms with van der Waals surface area (Å²) < 4.78 is 10.4. The maximum atomic E-state index is 11.7. The van der Waals surface area contributed by atoms with E-state index in [1.54, 1.807) is 26.5 Å². The van der Waals surface area contributed by atoms with Crippen molar-refractivity contribution in [2.24, 2.45) is 5.10 Å². The Kier molecular flexibility index (Phi) is 9.52. The number of hydrazone groups is 1. The minimum Gasteiger partial charge on any atom is -0.497 e. The molecule has 5 nitrogen and oxygen atoms in total. The van der Waals surface area contributed by atoms with Crippen LogP contribution in [0.2, 0.25) is 0 Å². The Hall–Kier alpha value is -2.04. The number of ether oxygens (including phenoxy) is 2. The number of amides is 1. The highest BCUT2D eigenvalue weighted by Crippen LogP contribution is 2.22. The molecule has 0 unspecified atom stereocenters. The molecule has 1 rings (SSSR count). The van der Waals surface area contributed by atoms with Crippen LogP contribution in [0.4, 0.5) is 0 Å². The molecule has 0 aliphatic rings. The molecule has 1 N–H and O–H groups in total. The van der Waals surface area contributed by atoms with E-state index in [0.717, 1.165) is 18.4 Å². The van der Waals surface area contributed by atoms with Gasteiger partial charge in [-0.25, -0.2) is 5.43 Å². The van der Waals surface area contributed by atoms with Gasteiger partial charge >= 0.3 is 0 Å². The Morgan fingerprint density at radius 2 is 1.87 bits per heavy atom. The molecule has 1 amide bonds. The third-order valence-corrected chi connectivity index (χ3v) is 3.59. The Labute approximate surface area is 139 Å². The van der Waals surface area contributed by atoms with Gasteiger partial charge in [0.25, 0.3) is 0 Å². The molecule has 0 radical (unpaired) electrons. The summed E-state index contributed by atoms with van der Waals surface area (Å²) in [5.74, 6) is 1.34. The van der Waals surface area contributed by atoms with Crippen LogP contribution in [0, 0.1) is 0 Å². The lowest BCUT2D eigenvalue weighted by Gasteiger charge is -2.06. The van der Waals surface area contributed by atoms with Gasteiger partial charge in [0.15, 0.2) is 0 Å². The Morgan fingerprint density at radius 3 is 2.57 bits per heavy atom. The van der Waals surface area contributed by atoms with Gasteiger partial charge in [-0.1, -0.05) is 39.0 Å². The van der Waals surface area contributed by atoms with Crippen molar-refractivity contribution in [3.05, 3.63) is 23.8 Å². The van der Waals surface area contributed by atoms with Crippen LogP contribution in [-0.4, -0.2) is 26.3 Å². The van der Waals surface area contributed by atoms with Crippen LogP contribution in [-0.2, 0) is 4.79 Å². The van der Waals surface area contributed by atoms with Crippen molar-refractivity contribution in [3.8, 4) is 11.5 Å². The molecule has 5 heteroatoms. The number of methoxy groups -OCH3 is 2. The zero-order chi connectivity index (χ0) is 16.9. The second-order valence-electron chi connectivity index (χ2n) is 5.42. The minimum absolute atomic E-state index is 0.0568. The van der Waals surface area contributed by atoms with E-state index in [1.165, 1.54) is 25.7 Å². The van der Waals surface area contributed by atoms with E-state index in [-0.39, 0.29) is 5.91 Å². The number of nitrogens with one attached hydrogen (secondary N) is 1. The summed E-state index contributed by atoms with van der Waals surface area (Å²) in [6.45, 7) is 2.20. The van der Waals surface area contributed by atoms with E-state index in [1.807, 2.05) is 12.1 Å². The van der Waals surface area contributed by atoms with E-state index in [2.05, 4.69) is 17.5 Å². The maximum Gasteiger partial charge on any atom is 0.240 e. The second kappa shape index (κ2) is 11.5. The smallest absolute Gasteiger partial charge is 0.240 e. The number of carbonyl (C=O) groups excluding carboxylic acids is 1. The number of hydrogen-bond donors (Lipinski definition) is 1. The first kappa shape index (κ1) is 19.0. The van der Waals surface area contributed by atoms with Crippen molar-refractivity contribution in [2.45, 2.75) is 51.9 Å². The average molecular weight is 320 g/mol. The molecule has 0 heterocycles. The molecule has 23 heavy (non-hydrogen) atoms. The molecular weight excluding hydrogens is 292 g/mol. The monoisotopic (exact) mass is 320 g/mol. The molecule has 0 spiro atoms. The van der Waals surface area contributed by atoms with Gasteiger partial charge < -0.3 is 9.47 Å². The van der Waals surface area contributed by atoms with Gasteiger partial charge in [0.05, 0.1) is 20.4 Å². The average Bonchev–Trinajstić information content (AvgIpc) is 2.57. The molecular formula is C18H28N2O3. The summed E-state index contributed by atoms with van der Waals surface area (Å²) in [5, 5.41) is 3.99. The molecule has 0 aromatic heterocycles. The third kappa shape index (κ3) is 7.68. The van der Waals surface area contributed by atoms with Gasteiger partial charge in [-0.3, -0.25) is 4.79 Å². The summed E-state index contributed by atoms with van der Waals surface area (Å²) in [5.41, 5.74) is 3.31. The Morgan fingerprint density at radius 1 is 1.13 bits per heavy atom. The molecule has 0 atom stereocenters. The van der Waals surface area contributed by atoms with Gasteiger partial charge in [0, 0.05) is 12.0 Å². The summed E-state index contributed by atoms with van der Waals surface area (Å²) in [7, 11) is 3.20. The Balaban J connectivity index is 2.36. The first-order valence-corrected chi connectivity index (χ1v) is 8.25. The Bertz CT molecular complexity index is 501. The molecule has 0 aliphatic heterocycles. The van der Waals surface area contributed by atoms with Crippen LogP contribution in [0.5, 0.6) is 11.5 Å². The van der Waals surface area contributed by atoms with Crippen molar-refractivity contribution in [1.82, 2.24) is 5.43 Å². The van der Waals surface area contributed by atoms with Gasteiger partial charge in [-0.05, 0) is 24.6 Å². The molecule has 0 fully saturated rings. The van der Waals surface area contributed by atoms with E-state index < -0.39 is 0 Å². The van der Waals surface area contributed by atoms with Crippen molar-refractivity contribution in [2.75, 3.05) is 14.2 Å². The maximum absolute atomic E-state index is 11.7. The first-order valence-electron chi connectivity index (χ1n) is 8.25. The normalized spacial score (nSPS) is 10.7. The molecule has 0 saturated heterocycles. The molecule has 128 valence electrons. The van der Waals surface area contributed by atoms with Gasteiger partial charge in [0.2, 0.25) is 5.91 Å².